The Morgan fingerprint density at radius 3 is 2.69 bits per heavy atom. The number of nitrogens with zero attached hydrogens (tertiary/aromatic N) is 3. The quantitative estimate of drug-likeness (QED) is 0.630. The van der Waals surface area contributed by atoms with E-state index < -0.39 is 22.8 Å². The Bertz CT molecular complexity index is 1290. The second-order valence-corrected chi connectivity index (χ2v) is 8.52. The van der Waals surface area contributed by atoms with Gasteiger partial charge in [0, 0.05) is 37.7 Å². The van der Waals surface area contributed by atoms with Gasteiger partial charge in [0.1, 0.15) is 11.3 Å². The number of aromatic carboxylic acids is 1. The minimum absolute atomic E-state index is 0.00208. The van der Waals surface area contributed by atoms with Gasteiger partial charge < -0.3 is 25.0 Å². The molecule has 9 heteroatoms. The number of aromatic nitrogens is 2. The van der Waals surface area contributed by atoms with Crippen molar-refractivity contribution < 1.29 is 19.0 Å². The summed E-state index contributed by atoms with van der Waals surface area (Å²) >= 11 is 0. The topological polar surface area (TPSA) is 111 Å². The van der Waals surface area contributed by atoms with E-state index in [9.17, 15) is 14.7 Å². The molecule has 1 saturated heterocycles. The molecule has 1 atom stereocenters. The first kappa shape index (κ1) is 20.4. The maximum Gasteiger partial charge on any atom is 0.341 e. The highest BCUT2D eigenvalue weighted by molar-refractivity contribution is 5.97. The van der Waals surface area contributed by atoms with Crippen LogP contribution in [0, 0.1) is 5.82 Å². The summed E-state index contributed by atoms with van der Waals surface area (Å²) in [5, 5.41) is 9.48. The molecule has 0 spiro atoms. The van der Waals surface area contributed by atoms with E-state index in [0.717, 1.165) is 24.5 Å². The van der Waals surface area contributed by atoms with Crippen LogP contribution in [0.4, 0.5) is 10.1 Å². The van der Waals surface area contributed by atoms with E-state index in [0.29, 0.717) is 25.0 Å². The molecule has 0 bridgehead atoms. The molecule has 1 saturated carbocycles. The number of ether oxygens (including phenoxy) is 1. The lowest BCUT2D eigenvalue weighted by Gasteiger charge is -2.28. The summed E-state index contributed by atoms with van der Waals surface area (Å²) in [6.07, 6.45) is 7.01. The van der Waals surface area contributed by atoms with Gasteiger partial charge in [0.25, 0.3) is 0 Å². The molecule has 3 N–H and O–H groups in total. The molecule has 5 rings (SSSR count). The number of benzene rings is 1. The zero-order valence-corrected chi connectivity index (χ0v) is 17.5. The molecule has 1 aliphatic carbocycles. The van der Waals surface area contributed by atoms with Gasteiger partial charge in [-0.05, 0) is 43.0 Å². The van der Waals surface area contributed by atoms with Crippen LogP contribution in [-0.2, 0) is 5.54 Å². The molecule has 2 fully saturated rings. The first-order valence-electron chi connectivity index (χ1n) is 10.5. The van der Waals surface area contributed by atoms with Crippen molar-refractivity contribution in [3.05, 3.63) is 64.0 Å². The lowest BCUT2D eigenvalue weighted by atomic mass is 9.91. The normalized spacial score (nSPS) is 20.7. The van der Waals surface area contributed by atoms with Crippen molar-refractivity contribution in [1.82, 2.24) is 9.55 Å². The molecule has 8 nitrogen and oxygen atoms in total. The van der Waals surface area contributed by atoms with E-state index in [-0.39, 0.29) is 28.4 Å². The average Bonchev–Trinajstić information content (AvgIpc) is 3.55. The number of hydrogen-bond acceptors (Lipinski definition) is 6. The van der Waals surface area contributed by atoms with Crippen molar-refractivity contribution in [3.8, 4) is 5.75 Å². The Morgan fingerprint density at radius 2 is 2.06 bits per heavy atom. The Kier molecular flexibility index (Phi) is 4.67. The van der Waals surface area contributed by atoms with Crippen molar-refractivity contribution >= 4 is 22.6 Å². The van der Waals surface area contributed by atoms with Gasteiger partial charge in [0.2, 0.25) is 5.43 Å². The van der Waals surface area contributed by atoms with Crippen LogP contribution >= 0.6 is 0 Å². The number of carboxylic acids is 1. The fraction of sp³-hybridized carbons (Fsp3) is 0.348. The first-order valence-corrected chi connectivity index (χ1v) is 10.5. The van der Waals surface area contributed by atoms with Gasteiger partial charge in [0.15, 0.2) is 11.6 Å². The number of carbonyl (C=O) groups is 1. The SMILES string of the molecule is COc1c(N2CCC(N)(c3ccncc3)C2)c(F)cc2c(=O)c(C(=O)O)cn(C3CC3)c12. The summed E-state index contributed by atoms with van der Waals surface area (Å²) in [6.45, 7) is 0.856. The number of pyridine rings is 2. The highest BCUT2D eigenvalue weighted by atomic mass is 19.1. The van der Waals surface area contributed by atoms with Crippen LogP contribution in [0.25, 0.3) is 10.9 Å². The van der Waals surface area contributed by atoms with Crippen LogP contribution in [-0.4, -0.2) is 40.8 Å². The van der Waals surface area contributed by atoms with Crippen molar-refractivity contribution in [2.45, 2.75) is 30.8 Å². The van der Waals surface area contributed by atoms with E-state index in [1.54, 1.807) is 17.0 Å². The standard InChI is InChI=1S/C23H23FN4O4/c1-32-21-18-15(20(29)16(22(30)31)11-28(18)14-2-3-14)10-17(24)19(21)27-9-6-23(25,12-27)13-4-7-26-8-5-13/h4-5,7-8,10-11,14H,2-3,6,9,12,25H2,1H3,(H,30,31). The van der Waals surface area contributed by atoms with Gasteiger partial charge in [-0.3, -0.25) is 9.78 Å². The monoisotopic (exact) mass is 438 g/mol. The third-order valence-electron chi connectivity index (χ3n) is 6.45. The fourth-order valence-corrected chi connectivity index (χ4v) is 4.67. The van der Waals surface area contributed by atoms with Crippen LogP contribution in [0.15, 0.2) is 41.6 Å². The third-order valence-corrected chi connectivity index (χ3v) is 6.45. The number of halogens is 1. The number of anilines is 1. The molecular weight excluding hydrogens is 415 g/mol. The maximum absolute atomic E-state index is 15.5. The molecule has 3 heterocycles. The Morgan fingerprint density at radius 1 is 1.34 bits per heavy atom. The van der Waals surface area contributed by atoms with E-state index in [1.807, 2.05) is 17.0 Å². The molecule has 32 heavy (non-hydrogen) atoms. The highest BCUT2D eigenvalue weighted by Gasteiger charge is 2.39. The number of rotatable bonds is 5. The van der Waals surface area contributed by atoms with E-state index in [2.05, 4.69) is 4.98 Å². The minimum Gasteiger partial charge on any atom is -0.492 e. The summed E-state index contributed by atoms with van der Waals surface area (Å²) in [4.78, 5) is 30.3. The Balaban J connectivity index is 1.69. The van der Waals surface area contributed by atoms with E-state index >= 15 is 4.39 Å². The smallest absolute Gasteiger partial charge is 0.341 e. The zero-order valence-electron chi connectivity index (χ0n) is 17.5. The van der Waals surface area contributed by atoms with Crippen molar-refractivity contribution in [1.29, 1.82) is 0 Å². The Labute approximate surface area is 183 Å². The van der Waals surface area contributed by atoms with E-state index in [4.69, 9.17) is 10.5 Å². The Hall–Kier alpha value is -3.46. The lowest BCUT2D eigenvalue weighted by molar-refractivity contribution is 0.0695. The summed E-state index contributed by atoms with van der Waals surface area (Å²) in [5.41, 5.74) is 6.46. The second-order valence-electron chi connectivity index (χ2n) is 8.52. The van der Waals surface area contributed by atoms with Gasteiger partial charge >= 0.3 is 5.97 Å². The minimum atomic E-state index is -1.33. The zero-order chi connectivity index (χ0) is 22.6. The molecule has 2 aromatic heterocycles. The van der Waals surface area contributed by atoms with Crippen LogP contribution < -0.4 is 20.8 Å². The van der Waals surface area contributed by atoms with Gasteiger partial charge in [0.05, 0.1) is 23.6 Å². The largest absolute Gasteiger partial charge is 0.492 e. The molecule has 0 amide bonds. The molecule has 3 aromatic rings. The van der Waals surface area contributed by atoms with Crippen molar-refractivity contribution in [3.63, 3.8) is 0 Å². The molecule has 1 aliphatic heterocycles. The van der Waals surface area contributed by atoms with Crippen molar-refractivity contribution in [2.75, 3.05) is 25.1 Å². The molecule has 1 unspecified atom stereocenters. The average molecular weight is 438 g/mol. The molecule has 0 radical (unpaired) electrons. The number of hydrogen-bond donors (Lipinski definition) is 2. The lowest BCUT2D eigenvalue weighted by Crippen LogP contribution is -2.40. The predicted molar refractivity (Wildman–Crippen MR) is 117 cm³/mol. The van der Waals surface area contributed by atoms with Crippen molar-refractivity contribution in [2.24, 2.45) is 5.73 Å². The summed E-state index contributed by atoms with van der Waals surface area (Å²) in [5.74, 6) is -1.75. The summed E-state index contributed by atoms with van der Waals surface area (Å²) in [7, 11) is 1.43. The predicted octanol–water partition coefficient (Wildman–Crippen LogP) is 2.64. The van der Waals surface area contributed by atoms with E-state index in [1.165, 1.54) is 13.3 Å². The molecular formula is C23H23FN4O4. The van der Waals surface area contributed by atoms with Gasteiger partial charge in [-0.15, -0.1) is 0 Å². The second kappa shape index (κ2) is 7.30. The number of fused-ring (bicyclic) bond motifs is 1. The summed E-state index contributed by atoms with van der Waals surface area (Å²) in [6, 6.07) is 4.89. The van der Waals surface area contributed by atoms with Gasteiger partial charge in [-0.2, -0.15) is 0 Å². The van der Waals surface area contributed by atoms with Gasteiger partial charge in [-0.25, -0.2) is 9.18 Å². The van der Waals surface area contributed by atoms with Crippen LogP contribution in [0.5, 0.6) is 5.75 Å². The van der Waals surface area contributed by atoms with Gasteiger partial charge in [-0.1, -0.05) is 0 Å². The third kappa shape index (κ3) is 3.12. The number of carboxylic acid groups (broad SMARTS) is 1. The fourth-order valence-electron chi connectivity index (χ4n) is 4.67. The van der Waals surface area contributed by atoms with Crippen LogP contribution in [0.2, 0.25) is 0 Å². The number of methoxy groups -OCH3 is 1. The first-order chi connectivity index (χ1) is 15.3. The van der Waals surface area contributed by atoms with Crippen LogP contribution in [0.1, 0.15) is 41.2 Å². The molecule has 1 aromatic carbocycles. The number of nitrogens with two attached hydrogens (primary N) is 1. The highest BCUT2D eigenvalue weighted by Crippen LogP contribution is 2.45. The maximum atomic E-state index is 15.5. The summed E-state index contributed by atoms with van der Waals surface area (Å²) < 4.78 is 22.9. The molecule has 166 valence electrons. The molecule has 2 aliphatic rings. The van der Waals surface area contributed by atoms with Crippen LogP contribution in [0.3, 0.4) is 0 Å².